The maximum absolute atomic E-state index is 3.72. The van der Waals surface area contributed by atoms with Gasteiger partial charge in [0.2, 0.25) is 0 Å². The van der Waals surface area contributed by atoms with E-state index in [4.69, 9.17) is 0 Å². The third-order valence-electron chi connectivity index (χ3n) is 3.95. The first-order valence-electron chi connectivity index (χ1n) is 8.48. The first kappa shape index (κ1) is 24.0. The van der Waals surface area contributed by atoms with Gasteiger partial charge in [-0.15, -0.1) is 19.1 Å². The van der Waals surface area contributed by atoms with Crippen LogP contribution in [-0.4, -0.2) is 7.63 Å². The van der Waals surface area contributed by atoms with Crippen LogP contribution in [0, 0.1) is 30.9 Å². The third-order valence-corrected chi connectivity index (χ3v) is 3.95. The van der Waals surface area contributed by atoms with E-state index in [1.54, 1.807) is 19.2 Å². The van der Waals surface area contributed by atoms with Crippen LogP contribution in [0.1, 0.15) is 47.1 Å². The van der Waals surface area contributed by atoms with Crippen LogP contribution in [0.3, 0.4) is 0 Å². The van der Waals surface area contributed by atoms with E-state index >= 15 is 0 Å². The fraction of sp³-hybridized carbons (Fsp3) is 0.348. The molecule has 0 aliphatic heterocycles. The van der Waals surface area contributed by atoms with Crippen molar-refractivity contribution in [1.82, 2.24) is 0 Å². The van der Waals surface area contributed by atoms with Gasteiger partial charge in [0.15, 0.2) is 0 Å². The van der Waals surface area contributed by atoms with Crippen LogP contribution in [0.15, 0.2) is 64.8 Å². The second-order valence-corrected chi connectivity index (χ2v) is 6.33. The molecular weight excluding hydrogens is 352 g/mol. The molecule has 2 radical (unpaired) electrons. The molecule has 3 rings (SSSR count). The molecule has 0 spiro atoms. The molecular formula is C23H29SiTi-3. The molecule has 0 N–H and O–H groups in total. The molecule has 2 aliphatic rings. The van der Waals surface area contributed by atoms with Gasteiger partial charge < -0.3 is 0 Å². The van der Waals surface area contributed by atoms with Crippen molar-refractivity contribution < 1.29 is 19.2 Å². The monoisotopic (exact) mass is 381 g/mol. The fourth-order valence-corrected chi connectivity index (χ4v) is 2.44. The van der Waals surface area contributed by atoms with E-state index in [2.05, 4.69) is 80.4 Å². The molecule has 0 nitrogen and oxygen atoms in total. The summed E-state index contributed by atoms with van der Waals surface area (Å²) in [5.74, 6) is 1.12. The maximum atomic E-state index is 3.72. The van der Waals surface area contributed by atoms with Gasteiger partial charge in [-0.1, -0.05) is 52.5 Å². The standard InChI is InChI=1S/2C8H11.C7H7.Si.Ti/c2*1-6-4-7(2)8(3)5-6;1-7-5-3-2-4-6-7;;/h4,8H,1-3H3;4,6H,1-3H3;2-6H,1H2;;/q3*-1;;. The van der Waals surface area contributed by atoms with Crippen molar-refractivity contribution in [3.63, 3.8) is 0 Å². The SMILES string of the molecule is CC1=[C-]C(C)C(C)=C1.CC1=[C-]C(C)C=C1C.[CH2-]c1ccccc1.[Si]=[Ti]. The Morgan fingerprint density at radius 2 is 1.52 bits per heavy atom. The Hall–Kier alpha value is -1.02. The molecule has 0 bridgehead atoms. The van der Waals surface area contributed by atoms with Crippen LogP contribution in [0.2, 0.25) is 0 Å². The summed E-state index contributed by atoms with van der Waals surface area (Å²) in [6.07, 6.45) is 11.0. The topological polar surface area (TPSA) is 0 Å². The van der Waals surface area contributed by atoms with Gasteiger partial charge in [0.25, 0.3) is 0 Å². The number of allylic oxidation sites excluding steroid dienone is 8. The zero-order valence-electron chi connectivity index (χ0n) is 16.4. The van der Waals surface area contributed by atoms with Crippen LogP contribution in [0.4, 0.5) is 0 Å². The van der Waals surface area contributed by atoms with E-state index < -0.39 is 0 Å². The predicted molar refractivity (Wildman–Crippen MR) is 107 cm³/mol. The Morgan fingerprint density at radius 3 is 1.68 bits per heavy atom. The Kier molecular flexibility index (Phi) is 12.7. The van der Waals surface area contributed by atoms with E-state index in [1.165, 1.54) is 22.3 Å². The summed E-state index contributed by atoms with van der Waals surface area (Å²) in [5, 5.41) is 0. The van der Waals surface area contributed by atoms with Crippen LogP contribution < -0.4 is 0 Å². The Labute approximate surface area is 169 Å². The van der Waals surface area contributed by atoms with Crippen LogP contribution >= 0.6 is 0 Å². The molecule has 2 aliphatic carbocycles. The van der Waals surface area contributed by atoms with Gasteiger partial charge >= 0.3 is 26.8 Å². The van der Waals surface area contributed by atoms with Gasteiger partial charge in [0, 0.05) is 0 Å². The Bertz CT molecular complexity index is 617. The summed E-state index contributed by atoms with van der Waals surface area (Å²) in [5.41, 5.74) is 6.50. The minimum absolute atomic E-state index is 0.551. The van der Waals surface area contributed by atoms with Gasteiger partial charge in [0.05, 0.1) is 0 Å². The second-order valence-electron chi connectivity index (χ2n) is 6.33. The van der Waals surface area contributed by atoms with Crippen molar-refractivity contribution in [2.45, 2.75) is 41.5 Å². The molecule has 2 unspecified atom stereocenters. The van der Waals surface area contributed by atoms with Crippen molar-refractivity contribution in [2.24, 2.45) is 11.8 Å². The van der Waals surface area contributed by atoms with E-state index in [-0.39, 0.29) is 0 Å². The first-order valence-corrected chi connectivity index (χ1v) is 11.3. The zero-order valence-corrected chi connectivity index (χ0v) is 19.0. The number of hydrogen-bond donors (Lipinski definition) is 0. The fourth-order valence-electron chi connectivity index (χ4n) is 2.44. The van der Waals surface area contributed by atoms with Crippen LogP contribution in [0.5, 0.6) is 0 Å². The molecule has 25 heavy (non-hydrogen) atoms. The molecule has 0 fully saturated rings. The molecule has 2 atom stereocenters. The molecule has 0 saturated carbocycles. The van der Waals surface area contributed by atoms with Crippen molar-refractivity contribution in [1.29, 1.82) is 0 Å². The molecule has 0 saturated heterocycles. The summed E-state index contributed by atoms with van der Waals surface area (Å²) in [6, 6.07) is 9.87. The summed E-state index contributed by atoms with van der Waals surface area (Å²) in [6.45, 7) is 16.5. The molecule has 0 amide bonds. The average Bonchev–Trinajstić information content (AvgIpc) is 3.02. The Morgan fingerprint density at radius 1 is 0.960 bits per heavy atom. The summed E-state index contributed by atoms with van der Waals surface area (Å²) in [7, 11) is 2.97. The van der Waals surface area contributed by atoms with E-state index in [0.29, 0.717) is 11.8 Å². The zero-order chi connectivity index (χ0) is 19.4. The average molecular weight is 381 g/mol. The quantitative estimate of drug-likeness (QED) is 0.373. The van der Waals surface area contributed by atoms with Crippen molar-refractivity contribution in [2.75, 3.05) is 0 Å². The van der Waals surface area contributed by atoms with Crippen LogP contribution in [0.25, 0.3) is 0 Å². The molecule has 2 heteroatoms. The van der Waals surface area contributed by atoms with Gasteiger partial charge in [-0.25, -0.2) is 22.8 Å². The van der Waals surface area contributed by atoms with Crippen molar-refractivity contribution >= 4 is 7.63 Å². The van der Waals surface area contributed by atoms with Gasteiger partial charge in [-0.05, 0) is 0 Å². The molecule has 1 aromatic rings. The predicted octanol–water partition coefficient (Wildman–Crippen LogP) is 6.15. The number of rotatable bonds is 0. The van der Waals surface area contributed by atoms with Gasteiger partial charge in [0.1, 0.15) is 0 Å². The molecule has 132 valence electrons. The normalized spacial score (nSPS) is 20.2. The van der Waals surface area contributed by atoms with Crippen molar-refractivity contribution in [3.05, 3.63) is 89.4 Å². The molecule has 1 aromatic carbocycles. The number of benzene rings is 1. The summed E-state index contributed by atoms with van der Waals surface area (Å²) >= 11 is 1.81. The Balaban J connectivity index is 0.000000330. The molecule has 0 aromatic heterocycles. The van der Waals surface area contributed by atoms with E-state index in [1.807, 2.05) is 30.3 Å². The van der Waals surface area contributed by atoms with Crippen molar-refractivity contribution in [3.8, 4) is 0 Å². The van der Waals surface area contributed by atoms with Gasteiger partial charge in [-0.2, -0.15) is 36.3 Å². The number of hydrogen-bond acceptors (Lipinski definition) is 0. The van der Waals surface area contributed by atoms with E-state index in [9.17, 15) is 0 Å². The van der Waals surface area contributed by atoms with Crippen LogP contribution in [-0.2, 0) is 19.2 Å². The van der Waals surface area contributed by atoms with Gasteiger partial charge in [-0.3, -0.25) is 12.2 Å². The summed E-state index contributed by atoms with van der Waals surface area (Å²) in [4.78, 5) is 0. The minimum atomic E-state index is 0.551. The first-order chi connectivity index (χ1) is 11.8. The van der Waals surface area contributed by atoms with E-state index in [0.717, 1.165) is 5.56 Å². The second kappa shape index (κ2) is 13.2. The summed E-state index contributed by atoms with van der Waals surface area (Å²) < 4.78 is 0. The molecule has 0 heterocycles. The third kappa shape index (κ3) is 10.5.